The van der Waals surface area contributed by atoms with Gasteiger partial charge >= 0.3 is 0 Å². The molecule has 1 radical (unpaired) electrons. The molecule has 1 nitrogen and oxygen atoms in total. The molecule has 0 aromatic carbocycles. The van der Waals surface area contributed by atoms with Gasteiger partial charge in [0.15, 0.2) is 0 Å². The lowest BCUT2D eigenvalue weighted by Gasteiger charge is -1.91. The topological polar surface area (TPSA) is 12.9 Å². The Morgan fingerprint density at radius 3 is 3.00 bits per heavy atom. The van der Waals surface area contributed by atoms with Gasteiger partial charge in [0.2, 0.25) is 0 Å². The predicted octanol–water partition coefficient (Wildman–Crippen LogP) is 1.77. The Hall–Kier alpha value is -0.850. The first kappa shape index (κ1) is 4.98. The summed E-state index contributed by atoms with van der Waals surface area (Å²) in [6.07, 6.45) is 7.28. The molecule has 45 valence electrons. The Bertz CT molecular complexity index is 189. The van der Waals surface area contributed by atoms with Gasteiger partial charge in [-0.1, -0.05) is 6.07 Å². The van der Waals surface area contributed by atoms with E-state index in [-0.39, 0.29) is 0 Å². The Labute approximate surface area is 54.7 Å². The monoisotopic (exact) mass is 118 g/mol. The van der Waals surface area contributed by atoms with Gasteiger partial charge in [-0.2, -0.15) is 0 Å². The Kier molecular flexibility index (Phi) is 1.01. The van der Waals surface area contributed by atoms with Gasteiger partial charge in [0.05, 0.1) is 0 Å². The molecule has 0 N–H and O–H groups in total. The SMILES string of the molecule is [CH]1CC1c1cccnc1. The molecule has 2 rings (SSSR count). The number of pyridine rings is 1. The second-order valence-corrected chi connectivity index (χ2v) is 2.36. The van der Waals surface area contributed by atoms with Crippen LogP contribution in [0.2, 0.25) is 0 Å². The summed E-state index contributed by atoms with van der Waals surface area (Å²) in [4.78, 5) is 4.03. The molecule has 1 unspecified atom stereocenters. The highest BCUT2D eigenvalue weighted by Gasteiger charge is 2.23. The standard InChI is InChI=1S/C8H8N/c1-2-8(6-9-5-1)7-3-4-7/h1-3,5-7H,4H2. The van der Waals surface area contributed by atoms with Crippen molar-refractivity contribution in [2.24, 2.45) is 0 Å². The van der Waals surface area contributed by atoms with Crippen LogP contribution in [0.3, 0.4) is 0 Å². The molecular weight excluding hydrogens is 110 g/mol. The third kappa shape index (κ3) is 0.947. The van der Waals surface area contributed by atoms with Gasteiger partial charge in [-0.25, -0.2) is 0 Å². The predicted molar refractivity (Wildman–Crippen MR) is 35.9 cm³/mol. The van der Waals surface area contributed by atoms with E-state index in [2.05, 4.69) is 17.5 Å². The van der Waals surface area contributed by atoms with Crippen LogP contribution in [0.25, 0.3) is 0 Å². The van der Waals surface area contributed by atoms with Crippen LogP contribution >= 0.6 is 0 Å². The van der Waals surface area contributed by atoms with Crippen molar-refractivity contribution < 1.29 is 0 Å². The normalized spacial score (nSPS) is 17.8. The molecule has 1 fully saturated rings. The van der Waals surface area contributed by atoms with Gasteiger partial charge in [-0.3, -0.25) is 4.98 Å². The molecule has 1 aliphatic carbocycles. The van der Waals surface area contributed by atoms with Crippen molar-refractivity contribution in [3.05, 3.63) is 36.5 Å². The molecule has 1 heteroatoms. The van der Waals surface area contributed by atoms with Crippen molar-refractivity contribution in [2.45, 2.75) is 12.3 Å². The summed E-state index contributed by atoms with van der Waals surface area (Å²) in [7, 11) is 0. The number of nitrogens with zero attached hydrogens (tertiary/aromatic N) is 1. The average Bonchev–Trinajstić information content (AvgIpc) is 2.71. The third-order valence-corrected chi connectivity index (χ3v) is 1.58. The van der Waals surface area contributed by atoms with Gasteiger partial charge in [0.25, 0.3) is 0 Å². The fraction of sp³-hybridized carbons (Fsp3) is 0.250. The maximum Gasteiger partial charge on any atom is 0.0302 e. The highest BCUT2D eigenvalue weighted by molar-refractivity contribution is 5.26. The Balaban J connectivity index is 2.29. The van der Waals surface area contributed by atoms with Crippen LogP contribution in [0.1, 0.15) is 17.9 Å². The van der Waals surface area contributed by atoms with Crippen molar-refractivity contribution in [1.82, 2.24) is 4.98 Å². The number of rotatable bonds is 1. The van der Waals surface area contributed by atoms with Gasteiger partial charge in [0.1, 0.15) is 0 Å². The van der Waals surface area contributed by atoms with Crippen LogP contribution in [-0.4, -0.2) is 4.98 Å². The number of aromatic nitrogens is 1. The summed E-state index contributed by atoms with van der Waals surface area (Å²) in [5.74, 6) is 0.721. The molecule has 1 aromatic heterocycles. The molecule has 0 amide bonds. The molecule has 0 spiro atoms. The zero-order valence-electron chi connectivity index (χ0n) is 5.12. The first-order chi connectivity index (χ1) is 4.47. The van der Waals surface area contributed by atoms with Crippen LogP contribution in [0, 0.1) is 6.42 Å². The van der Waals surface area contributed by atoms with Crippen LogP contribution in [0.5, 0.6) is 0 Å². The molecule has 1 heterocycles. The summed E-state index contributed by atoms with van der Waals surface area (Å²) in [5.41, 5.74) is 1.36. The van der Waals surface area contributed by atoms with E-state index in [4.69, 9.17) is 0 Å². The summed E-state index contributed by atoms with van der Waals surface area (Å²) in [5, 5.41) is 0. The first-order valence-corrected chi connectivity index (χ1v) is 3.20. The maximum atomic E-state index is 4.03. The van der Waals surface area contributed by atoms with Gasteiger partial charge < -0.3 is 0 Å². The van der Waals surface area contributed by atoms with Crippen LogP contribution < -0.4 is 0 Å². The molecule has 1 saturated carbocycles. The van der Waals surface area contributed by atoms with Crippen molar-refractivity contribution in [1.29, 1.82) is 0 Å². The second kappa shape index (κ2) is 1.83. The fourth-order valence-corrected chi connectivity index (χ4v) is 0.936. The molecule has 1 atom stereocenters. The Morgan fingerprint density at radius 2 is 2.44 bits per heavy atom. The minimum atomic E-state index is 0.721. The number of hydrogen-bond donors (Lipinski definition) is 0. The summed E-state index contributed by atoms with van der Waals surface area (Å²) in [6, 6.07) is 4.11. The first-order valence-electron chi connectivity index (χ1n) is 3.20. The van der Waals surface area contributed by atoms with Crippen molar-refractivity contribution in [3.63, 3.8) is 0 Å². The maximum absolute atomic E-state index is 4.03. The van der Waals surface area contributed by atoms with Crippen LogP contribution in [0.4, 0.5) is 0 Å². The zero-order valence-corrected chi connectivity index (χ0v) is 5.12. The molecular formula is C8H8N. The lowest BCUT2D eigenvalue weighted by Crippen LogP contribution is -1.77. The largest absolute Gasteiger partial charge is 0.264 e. The highest BCUT2D eigenvalue weighted by atomic mass is 14.6. The summed E-state index contributed by atoms with van der Waals surface area (Å²) >= 11 is 0. The lowest BCUT2D eigenvalue weighted by atomic mass is 10.2. The zero-order chi connectivity index (χ0) is 6.10. The van der Waals surface area contributed by atoms with E-state index in [0.717, 1.165) is 5.92 Å². The average molecular weight is 118 g/mol. The molecule has 0 aliphatic heterocycles. The van der Waals surface area contributed by atoms with Gasteiger partial charge in [-0.15, -0.1) is 0 Å². The third-order valence-electron chi connectivity index (χ3n) is 1.58. The lowest BCUT2D eigenvalue weighted by molar-refractivity contribution is 1.12. The van der Waals surface area contributed by atoms with E-state index in [1.54, 1.807) is 0 Å². The Morgan fingerprint density at radius 1 is 1.56 bits per heavy atom. The minimum Gasteiger partial charge on any atom is -0.264 e. The smallest absolute Gasteiger partial charge is 0.0302 e. The van der Waals surface area contributed by atoms with Crippen molar-refractivity contribution in [3.8, 4) is 0 Å². The van der Waals surface area contributed by atoms with E-state index >= 15 is 0 Å². The van der Waals surface area contributed by atoms with Crippen LogP contribution in [-0.2, 0) is 0 Å². The molecule has 1 aromatic rings. The minimum absolute atomic E-state index is 0.721. The number of hydrogen-bond acceptors (Lipinski definition) is 1. The summed E-state index contributed by atoms with van der Waals surface area (Å²) < 4.78 is 0. The van der Waals surface area contributed by atoms with Crippen molar-refractivity contribution >= 4 is 0 Å². The van der Waals surface area contributed by atoms with Crippen molar-refractivity contribution in [2.75, 3.05) is 0 Å². The molecule has 1 aliphatic rings. The van der Waals surface area contributed by atoms with E-state index in [0.29, 0.717) is 0 Å². The summed E-state index contributed by atoms with van der Waals surface area (Å²) in [6.45, 7) is 0. The van der Waals surface area contributed by atoms with E-state index in [1.165, 1.54) is 12.0 Å². The fourth-order valence-electron chi connectivity index (χ4n) is 0.936. The van der Waals surface area contributed by atoms with Gasteiger partial charge in [-0.05, 0) is 30.4 Å². The van der Waals surface area contributed by atoms with E-state index in [9.17, 15) is 0 Å². The van der Waals surface area contributed by atoms with Crippen LogP contribution in [0.15, 0.2) is 24.5 Å². The molecule has 0 bridgehead atoms. The molecule has 0 saturated heterocycles. The highest BCUT2D eigenvalue weighted by Crippen LogP contribution is 2.37. The van der Waals surface area contributed by atoms with E-state index in [1.807, 2.05) is 18.5 Å². The molecule has 9 heavy (non-hydrogen) atoms. The quantitative estimate of drug-likeness (QED) is 0.547. The second-order valence-electron chi connectivity index (χ2n) is 2.36. The van der Waals surface area contributed by atoms with Gasteiger partial charge in [0, 0.05) is 12.4 Å². The van der Waals surface area contributed by atoms with E-state index < -0.39 is 0 Å².